The molecule has 0 spiro atoms. The van der Waals surface area contributed by atoms with Crippen LogP contribution >= 0.6 is 0 Å². The molecule has 0 saturated heterocycles. The lowest BCUT2D eigenvalue weighted by molar-refractivity contribution is -0.468. The first-order valence-corrected chi connectivity index (χ1v) is 3.26. The van der Waals surface area contributed by atoms with Crippen molar-refractivity contribution in [1.82, 2.24) is 0 Å². The molecule has 0 rings (SSSR count). The summed E-state index contributed by atoms with van der Waals surface area (Å²) in [6.07, 6.45) is 1.68. The van der Waals surface area contributed by atoms with Gasteiger partial charge in [-0.15, -0.1) is 0 Å². The Morgan fingerprint density at radius 1 is 1.25 bits per heavy atom. The Morgan fingerprint density at radius 2 is 1.58 bits per heavy atom. The summed E-state index contributed by atoms with van der Waals surface area (Å²) in [5, 5.41) is 0. The Labute approximate surface area is 68.9 Å². The second-order valence-electron chi connectivity index (χ2n) is 2.02. The van der Waals surface area contributed by atoms with E-state index in [2.05, 4.69) is 0 Å². The SMILES string of the molecule is CCOC=[N+](C)C.F[B-](F)(F)F. The first-order chi connectivity index (χ1) is 5.27. The van der Waals surface area contributed by atoms with Crippen LogP contribution in [0.2, 0.25) is 0 Å². The minimum atomic E-state index is -6.00. The van der Waals surface area contributed by atoms with Crippen LogP contribution in [-0.4, -0.2) is 38.9 Å². The van der Waals surface area contributed by atoms with E-state index in [1.807, 2.05) is 25.6 Å². The molecule has 0 aliphatic rings. The summed E-state index contributed by atoms with van der Waals surface area (Å²) >= 11 is 0. The zero-order chi connectivity index (χ0) is 10.2. The van der Waals surface area contributed by atoms with Crippen LogP contribution in [0.1, 0.15) is 6.92 Å². The van der Waals surface area contributed by atoms with Crippen LogP contribution in [0.5, 0.6) is 0 Å². The van der Waals surface area contributed by atoms with Gasteiger partial charge in [-0.05, 0) is 6.92 Å². The molecular weight excluding hydrogens is 177 g/mol. The fourth-order valence-electron chi connectivity index (χ4n) is 0.224. The highest BCUT2D eigenvalue weighted by Gasteiger charge is 2.20. The van der Waals surface area contributed by atoms with Gasteiger partial charge in [0.1, 0.15) is 14.1 Å². The molecule has 0 amide bonds. The fourth-order valence-corrected chi connectivity index (χ4v) is 0.224. The van der Waals surface area contributed by atoms with Crippen LogP contribution < -0.4 is 0 Å². The van der Waals surface area contributed by atoms with E-state index in [0.717, 1.165) is 6.61 Å². The molecule has 0 saturated carbocycles. The van der Waals surface area contributed by atoms with Gasteiger partial charge in [0.2, 0.25) is 0 Å². The highest BCUT2D eigenvalue weighted by atomic mass is 19.5. The normalized spacial score (nSPS) is 9.58. The molecule has 0 aliphatic heterocycles. The summed E-state index contributed by atoms with van der Waals surface area (Å²) in [5.74, 6) is 0. The van der Waals surface area contributed by atoms with E-state index in [9.17, 15) is 17.3 Å². The largest absolute Gasteiger partial charge is 0.673 e. The van der Waals surface area contributed by atoms with Crippen LogP contribution in [0.15, 0.2) is 0 Å². The van der Waals surface area contributed by atoms with E-state index < -0.39 is 7.25 Å². The molecule has 0 heterocycles. The number of hydrogen-bond acceptors (Lipinski definition) is 1. The molecule has 0 N–H and O–H groups in total. The van der Waals surface area contributed by atoms with E-state index in [-0.39, 0.29) is 0 Å². The minimum Gasteiger partial charge on any atom is -0.451 e. The molecule has 0 bridgehead atoms. The second-order valence-corrected chi connectivity index (χ2v) is 2.02. The van der Waals surface area contributed by atoms with Crippen LogP contribution in [0.25, 0.3) is 0 Å². The zero-order valence-electron chi connectivity index (χ0n) is 7.23. The van der Waals surface area contributed by atoms with Gasteiger partial charge in [-0.3, -0.25) is 0 Å². The molecule has 74 valence electrons. The van der Waals surface area contributed by atoms with Gasteiger partial charge in [-0.1, -0.05) is 0 Å². The molecule has 0 aliphatic carbocycles. The summed E-state index contributed by atoms with van der Waals surface area (Å²) in [7, 11) is -2.15. The van der Waals surface area contributed by atoms with Crippen LogP contribution in [-0.2, 0) is 4.74 Å². The topological polar surface area (TPSA) is 12.2 Å². The van der Waals surface area contributed by atoms with Crippen LogP contribution in [0, 0.1) is 0 Å². The van der Waals surface area contributed by atoms with E-state index in [4.69, 9.17) is 4.74 Å². The van der Waals surface area contributed by atoms with Crippen molar-refractivity contribution < 1.29 is 26.6 Å². The smallest absolute Gasteiger partial charge is 0.451 e. The number of rotatable bonds is 2. The Morgan fingerprint density at radius 3 is 1.67 bits per heavy atom. The van der Waals surface area contributed by atoms with Gasteiger partial charge >= 0.3 is 13.7 Å². The summed E-state index contributed by atoms with van der Waals surface area (Å²) in [4.78, 5) is 0. The van der Waals surface area contributed by atoms with Gasteiger partial charge < -0.3 is 22.0 Å². The van der Waals surface area contributed by atoms with Crippen LogP contribution in [0.3, 0.4) is 0 Å². The summed E-state index contributed by atoms with van der Waals surface area (Å²) in [6.45, 7) is 2.71. The highest BCUT2D eigenvalue weighted by Crippen LogP contribution is 2.06. The predicted molar refractivity (Wildman–Crippen MR) is 40.0 cm³/mol. The van der Waals surface area contributed by atoms with Crippen molar-refractivity contribution in [2.75, 3.05) is 20.7 Å². The molecule has 0 aromatic carbocycles. The number of hydrogen-bond donors (Lipinski definition) is 0. The van der Waals surface area contributed by atoms with Crippen LogP contribution in [0.4, 0.5) is 17.3 Å². The Bertz CT molecular complexity index is 126. The quantitative estimate of drug-likeness (QED) is 0.211. The maximum atomic E-state index is 9.75. The van der Waals surface area contributed by atoms with Crippen molar-refractivity contribution in [3.8, 4) is 0 Å². The number of halogens is 4. The molecular formula is C5H12BF4NO. The van der Waals surface area contributed by atoms with Crippen molar-refractivity contribution in [3.05, 3.63) is 0 Å². The molecule has 0 unspecified atom stereocenters. The van der Waals surface area contributed by atoms with Gasteiger partial charge in [0.15, 0.2) is 0 Å². The maximum absolute atomic E-state index is 9.75. The third-order valence-corrected chi connectivity index (χ3v) is 0.452. The molecule has 0 aromatic heterocycles. The molecule has 0 fully saturated rings. The average Bonchev–Trinajstić information content (AvgIpc) is 1.79. The van der Waals surface area contributed by atoms with E-state index >= 15 is 0 Å². The Kier molecular flexibility index (Phi) is 7.98. The Hall–Kier alpha value is -0.745. The van der Waals surface area contributed by atoms with Crippen molar-refractivity contribution >= 4 is 13.7 Å². The standard InChI is InChI=1S/C5H12NO.BF4/c1-4-7-5-6(2)3;2-1(3,4)5/h5H,4H2,1-3H3;/q+1;-1. The second kappa shape index (κ2) is 6.93. The number of nitrogens with zero attached hydrogens (tertiary/aromatic N) is 1. The molecule has 0 aromatic rings. The van der Waals surface area contributed by atoms with Gasteiger partial charge in [-0.25, -0.2) is 4.58 Å². The van der Waals surface area contributed by atoms with E-state index in [1.54, 1.807) is 6.40 Å². The van der Waals surface area contributed by atoms with Crippen molar-refractivity contribution in [1.29, 1.82) is 0 Å². The lowest BCUT2D eigenvalue weighted by Gasteiger charge is -1.94. The lowest BCUT2D eigenvalue weighted by atomic mass is 10.3. The van der Waals surface area contributed by atoms with Gasteiger partial charge in [0, 0.05) is 0 Å². The molecule has 0 atom stereocenters. The lowest BCUT2D eigenvalue weighted by Crippen LogP contribution is -2.02. The van der Waals surface area contributed by atoms with Crippen molar-refractivity contribution in [3.63, 3.8) is 0 Å². The van der Waals surface area contributed by atoms with Gasteiger partial charge in [0.05, 0.1) is 6.61 Å². The summed E-state index contributed by atoms with van der Waals surface area (Å²) < 4.78 is 45.8. The third kappa shape index (κ3) is 59.5. The highest BCUT2D eigenvalue weighted by molar-refractivity contribution is 6.50. The molecule has 0 radical (unpaired) electrons. The first-order valence-electron chi connectivity index (χ1n) is 3.26. The van der Waals surface area contributed by atoms with E-state index in [1.165, 1.54) is 0 Å². The fraction of sp³-hybridized carbons (Fsp3) is 0.800. The van der Waals surface area contributed by atoms with Crippen molar-refractivity contribution in [2.24, 2.45) is 0 Å². The summed E-state index contributed by atoms with van der Waals surface area (Å²) in [6, 6.07) is 0. The van der Waals surface area contributed by atoms with Gasteiger partial charge in [-0.2, -0.15) is 0 Å². The molecule has 12 heavy (non-hydrogen) atoms. The minimum absolute atomic E-state index is 0.748. The molecule has 2 nitrogen and oxygen atoms in total. The Balaban J connectivity index is 0. The molecule has 7 heteroatoms. The monoisotopic (exact) mass is 189 g/mol. The third-order valence-electron chi connectivity index (χ3n) is 0.452. The first kappa shape index (κ1) is 13.8. The maximum Gasteiger partial charge on any atom is 0.673 e. The number of ether oxygens (including phenoxy) is 1. The van der Waals surface area contributed by atoms with E-state index in [0.29, 0.717) is 0 Å². The van der Waals surface area contributed by atoms with Crippen molar-refractivity contribution in [2.45, 2.75) is 6.92 Å². The summed E-state index contributed by atoms with van der Waals surface area (Å²) in [5.41, 5.74) is 0. The van der Waals surface area contributed by atoms with Gasteiger partial charge in [0.25, 0.3) is 0 Å². The predicted octanol–water partition coefficient (Wildman–Crippen LogP) is 1.62. The zero-order valence-corrected chi connectivity index (χ0v) is 7.23. The average molecular weight is 189 g/mol.